The van der Waals surface area contributed by atoms with Crippen LogP contribution in [0.4, 0.5) is 5.69 Å². The van der Waals surface area contributed by atoms with Gasteiger partial charge in [0.25, 0.3) is 11.8 Å². The highest BCUT2D eigenvalue weighted by molar-refractivity contribution is 8.00. The number of thioether (sulfide) groups is 1. The fourth-order valence-corrected chi connectivity index (χ4v) is 5.87. The molecule has 6 rings (SSSR count). The van der Waals surface area contributed by atoms with Crippen LogP contribution >= 0.6 is 11.8 Å². The van der Waals surface area contributed by atoms with E-state index in [-0.39, 0.29) is 17.4 Å². The molecule has 0 fully saturated rings. The number of ether oxygens (including phenoxy) is 1. The summed E-state index contributed by atoms with van der Waals surface area (Å²) in [6.45, 7) is 0. The van der Waals surface area contributed by atoms with E-state index in [9.17, 15) is 14.4 Å². The zero-order valence-electron chi connectivity index (χ0n) is 24.4. The molecule has 222 valence electrons. The molecule has 0 aliphatic carbocycles. The molecule has 45 heavy (non-hydrogen) atoms. The Balaban J connectivity index is 1.17. The fraction of sp³-hybridized carbons (Fsp3) is 0.0541. The zero-order valence-corrected chi connectivity index (χ0v) is 25.2. The van der Waals surface area contributed by atoms with Crippen LogP contribution in [0.2, 0.25) is 0 Å². The molecule has 0 saturated heterocycles. The van der Waals surface area contributed by atoms with Crippen molar-refractivity contribution >= 4 is 63.1 Å². The average Bonchev–Trinajstić information content (AvgIpc) is 3.42. The highest BCUT2D eigenvalue weighted by atomic mass is 32.2. The predicted molar refractivity (Wildman–Crippen MR) is 181 cm³/mol. The molecule has 0 radical (unpaired) electrons. The van der Waals surface area contributed by atoms with Crippen LogP contribution in [0.25, 0.3) is 27.9 Å². The molecule has 1 heterocycles. The molecule has 6 aromatic rings. The Kier molecular flexibility index (Phi) is 8.75. The van der Waals surface area contributed by atoms with E-state index in [2.05, 4.69) is 10.6 Å². The van der Waals surface area contributed by atoms with Crippen molar-refractivity contribution in [3.05, 3.63) is 144 Å². The van der Waals surface area contributed by atoms with Gasteiger partial charge in [-0.2, -0.15) is 0 Å². The first-order valence-electron chi connectivity index (χ1n) is 14.3. The van der Waals surface area contributed by atoms with Crippen molar-refractivity contribution in [3.8, 4) is 5.75 Å². The van der Waals surface area contributed by atoms with Gasteiger partial charge in [-0.3, -0.25) is 19.0 Å². The van der Waals surface area contributed by atoms with Gasteiger partial charge in [0, 0.05) is 32.5 Å². The minimum absolute atomic E-state index is 0.0185. The summed E-state index contributed by atoms with van der Waals surface area (Å²) in [5.41, 5.74) is 3.44. The summed E-state index contributed by atoms with van der Waals surface area (Å²) in [5.74, 6) is -0.117. The van der Waals surface area contributed by atoms with E-state index in [1.165, 1.54) is 11.8 Å². The first kappa shape index (κ1) is 29.5. The van der Waals surface area contributed by atoms with Gasteiger partial charge in [-0.1, -0.05) is 72.8 Å². The van der Waals surface area contributed by atoms with Gasteiger partial charge < -0.3 is 15.4 Å². The Hall–Kier alpha value is -5.60. The maximum Gasteiger partial charge on any atom is 0.272 e. The number of methoxy groups -OCH3 is 1. The lowest BCUT2D eigenvalue weighted by molar-refractivity contribution is -0.113. The number of nitrogens with one attached hydrogen (secondary N) is 2. The summed E-state index contributed by atoms with van der Waals surface area (Å²) in [6.07, 6.45) is 1.58. The van der Waals surface area contributed by atoms with Crippen LogP contribution in [-0.4, -0.2) is 35.2 Å². The molecule has 0 aliphatic rings. The Morgan fingerprint density at radius 3 is 2.00 bits per heavy atom. The number of hydrogen-bond acceptors (Lipinski definition) is 5. The number of benzene rings is 5. The molecule has 0 unspecified atom stereocenters. The van der Waals surface area contributed by atoms with Crippen LogP contribution in [0.1, 0.15) is 20.7 Å². The zero-order chi connectivity index (χ0) is 31.2. The van der Waals surface area contributed by atoms with Crippen molar-refractivity contribution in [2.24, 2.45) is 0 Å². The topological polar surface area (TPSA) is 89.4 Å². The monoisotopic (exact) mass is 611 g/mol. The van der Waals surface area contributed by atoms with Crippen LogP contribution in [-0.2, 0) is 4.79 Å². The van der Waals surface area contributed by atoms with Gasteiger partial charge in [-0.05, 0) is 60.7 Å². The lowest BCUT2D eigenvalue weighted by Gasteiger charge is -2.13. The number of fused-ring (bicyclic) bond motifs is 3. The number of para-hydroxylation sites is 3. The summed E-state index contributed by atoms with van der Waals surface area (Å²) < 4.78 is 7.22. The van der Waals surface area contributed by atoms with E-state index < -0.39 is 11.8 Å². The van der Waals surface area contributed by atoms with Crippen molar-refractivity contribution < 1.29 is 19.1 Å². The van der Waals surface area contributed by atoms with E-state index in [0.717, 1.165) is 26.7 Å². The van der Waals surface area contributed by atoms with E-state index in [1.807, 2.05) is 78.9 Å². The normalized spacial score (nSPS) is 11.4. The van der Waals surface area contributed by atoms with Crippen LogP contribution < -0.4 is 15.4 Å². The number of carbonyl (C=O) groups is 3. The average molecular weight is 612 g/mol. The quantitative estimate of drug-likeness (QED) is 0.130. The number of nitrogens with zero attached hydrogens (tertiary/aromatic N) is 1. The van der Waals surface area contributed by atoms with E-state index in [4.69, 9.17) is 4.74 Å². The van der Waals surface area contributed by atoms with Crippen LogP contribution in [0, 0.1) is 0 Å². The molecule has 0 saturated carbocycles. The number of anilines is 1. The second kappa shape index (κ2) is 13.4. The molecule has 0 atom stereocenters. The van der Waals surface area contributed by atoms with E-state index in [1.54, 1.807) is 66.3 Å². The third-order valence-corrected chi connectivity index (χ3v) is 8.27. The van der Waals surface area contributed by atoms with Crippen molar-refractivity contribution in [2.45, 2.75) is 4.90 Å². The Morgan fingerprint density at radius 2 is 1.33 bits per heavy atom. The third kappa shape index (κ3) is 6.51. The Morgan fingerprint density at radius 1 is 0.733 bits per heavy atom. The van der Waals surface area contributed by atoms with Gasteiger partial charge >= 0.3 is 0 Å². The van der Waals surface area contributed by atoms with Crippen molar-refractivity contribution in [1.29, 1.82) is 0 Å². The summed E-state index contributed by atoms with van der Waals surface area (Å²) in [4.78, 5) is 40.7. The Labute approximate surface area is 264 Å². The van der Waals surface area contributed by atoms with Crippen molar-refractivity contribution in [1.82, 2.24) is 9.88 Å². The van der Waals surface area contributed by atoms with Gasteiger partial charge in [0.1, 0.15) is 11.4 Å². The summed E-state index contributed by atoms with van der Waals surface area (Å²) in [6, 6.07) is 39.0. The van der Waals surface area contributed by atoms with Gasteiger partial charge in [0.2, 0.25) is 5.91 Å². The van der Waals surface area contributed by atoms with Crippen LogP contribution in [0.3, 0.4) is 0 Å². The molecule has 7 nitrogen and oxygen atoms in total. The van der Waals surface area contributed by atoms with E-state index in [0.29, 0.717) is 22.6 Å². The Bertz CT molecular complexity index is 2000. The minimum atomic E-state index is -0.493. The first-order valence-corrected chi connectivity index (χ1v) is 15.3. The van der Waals surface area contributed by atoms with Gasteiger partial charge in [0.15, 0.2) is 0 Å². The summed E-state index contributed by atoms with van der Waals surface area (Å²) >= 11 is 1.42. The highest BCUT2D eigenvalue weighted by Gasteiger charge is 2.18. The maximum atomic E-state index is 13.4. The molecular weight excluding hydrogens is 582 g/mol. The minimum Gasteiger partial charge on any atom is -0.496 e. The fourth-order valence-electron chi connectivity index (χ4n) is 5.12. The molecular formula is C37H29N3O4S. The van der Waals surface area contributed by atoms with Crippen molar-refractivity contribution in [3.63, 3.8) is 0 Å². The second-order valence-corrected chi connectivity index (χ2v) is 11.2. The van der Waals surface area contributed by atoms with Gasteiger partial charge in [0.05, 0.1) is 23.9 Å². The molecule has 0 bridgehead atoms. The predicted octanol–water partition coefficient (Wildman–Crippen LogP) is 7.65. The number of amides is 2. The molecule has 0 spiro atoms. The number of rotatable bonds is 9. The van der Waals surface area contributed by atoms with Gasteiger partial charge in [-0.25, -0.2) is 0 Å². The number of carbonyl (C=O) groups excluding carboxylic acids is 3. The van der Waals surface area contributed by atoms with E-state index >= 15 is 0 Å². The molecule has 5 aromatic carbocycles. The summed E-state index contributed by atoms with van der Waals surface area (Å²) in [5, 5.41) is 7.71. The maximum absolute atomic E-state index is 13.4. The highest BCUT2D eigenvalue weighted by Crippen LogP contribution is 2.30. The van der Waals surface area contributed by atoms with Crippen LogP contribution in [0.5, 0.6) is 5.75 Å². The smallest absolute Gasteiger partial charge is 0.272 e. The SMILES string of the molecule is COc1ccccc1/C=C(\NC(=O)c1ccccc1)C(=O)Nc1ccc(SCC(=O)n2c3ccccc3c3ccccc32)cc1. The van der Waals surface area contributed by atoms with Crippen molar-refractivity contribution in [2.75, 3.05) is 18.2 Å². The first-order chi connectivity index (χ1) is 22.0. The standard InChI is InChI=1S/C37H29N3O4S/c1-44-34-18-10-5-13-26(34)23-31(39-36(42)25-11-3-2-4-12-25)37(43)38-27-19-21-28(22-20-27)45-24-35(41)40-32-16-8-6-14-29(32)30-15-7-9-17-33(30)40/h2-23H,24H2,1H3,(H,38,43)(H,39,42)/b31-23-. The molecule has 8 heteroatoms. The third-order valence-electron chi connectivity index (χ3n) is 7.27. The summed E-state index contributed by atoms with van der Waals surface area (Å²) in [7, 11) is 1.55. The molecule has 2 amide bonds. The van der Waals surface area contributed by atoms with Gasteiger partial charge in [-0.15, -0.1) is 11.8 Å². The molecule has 2 N–H and O–H groups in total. The lowest BCUT2D eigenvalue weighted by atomic mass is 10.1. The number of hydrogen-bond donors (Lipinski definition) is 2. The molecule has 1 aromatic heterocycles. The molecule has 0 aliphatic heterocycles. The van der Waals surface area contributed by atoms with Crippen LogP contribution in [0.15, 0.2) is 138 Å². The second-order valence-electron chi connectivity index (χ2n) is 10.2. The number of aromatic nitrogens is 1. The largest absolute Gasteiger partial charge is 0.496 e. The lowest BCUT2D eigenvalue weighted by Crippen LogP contribution is -2.30.